The predicted octanol–water partition coefficient (Wildman–Crippen LogP) is 2.69. The summed E-state index contributed by atoms with van der Waals surface area (Å²) in [6.45, 7) is 10.9. The summed E-state index contributed by atoms with van der Waals surface area (Å²) in [6, 6.07) is 3.33. The van der Waals surface area contributed by atoms with E-state index in [1.54, 1.807) is 6.07 Å². The Kier molecular flexibility index (Phi) is 6.29. The minimum atomic E-state index is -0.292. The molecule has 22 heavy (non-hydrogen) atoms. The fourth-order valence-electron chi connectivity index (χ4n) is 1.81. The Morgan fingerprint density at radius 3 is 2.36 bits per heavy atom. The van der Waals surface area contributed by atoms with Gasteiger partial charge in [-0.15, -0.1) is 5.10 Å². The molecule has 0 aliphatic heterocycles. The van der Waals surface area contributed by atoms with Crippen LogP contribution >= 0.6 is 0 Å². The zero-order valence-electron chi connectivity index (χ0n) is 14.2. The lowest BCUT2D eigenvalue weighted by Crippen LogP contribution is -2.31. The van der Waals surface area contributed by atoms with E-state index < -0.39 is 0 Å². The van der Waals surface area contributed by atoms with Gasteiger partial charge in [0.15, 0.2) is 5.82 Å². The zero-order valence-corrected chi connectivity index (χ0v) is 14.2. The third kappa shape index (κ3) is 6.39. The van der Waals surface area contributed by atoms with Gasteiger partial charge in [0.25, 0.3) is 0 Å². The van der Waals surface area contributed by atoms with Crippen molar-refractivity contribution in [3.63, 3.8) is 0 Å². The molecule has 0 aromatic carbocycles. The van der Waals surface area contributed by atoms with Crippen LogP contribution in [-0.4, -0.2) is 34.5 Å². The van der Waals surface area contributed by atoms with E-state index in [2.05, 4.69) is 41.6 Å². The van der Waals surface area contributed by atoms with Crippen LogP contribution in [0.5, 0.6) is 0 Å². The van der Waals surface area contributed by atoms with E-state index in [1.165, 1.54) is 0 Å². The molecule has 0 unspecified atom stereocenters. The number of hydrogen-bond acceptors (Lipinski definition) is 4. The second-order valence-corrected chi connectivity index (χ2v) is 7.36. The summed E-state index contributed by atoms with van der Waals surface area (Å²) in [6.07, 6.45) is 1.67. The normalized spacial score (nSPS) is 12.1. The molecule has 2 amide bonds. The number of rotatable bonds is 6. The first-order valence-corrected chi connectivity index (χ1v) is 7.64. The highest BCUT2D eigenvalue weighted by atomic mass is 16.3. The summed E-state index contributed by atoms with van der Waals surface area (Å²) in [5, 5.41) is 22.7. The Morgan fingerprint density at radius 1 is 1.18 bits per heavy atom. The molecule has 0 spiro atoms. The van der Waals surface area contributed by atoms with Gasteiger partial charge < -0.3 is 10.4 Å². The summed E-state index contributed by atoms with van der Waals surface area (Å²) in [7, 11) is 0. The first-order chi connectivity index (χ1) is 10.1. The maximum absolute atomic E-state index is 11.7. The maximum Gasteiger partial charge on any atom is 0.320 e. The van der Waals surface area contributed by atoms with Gasteiger partial charge in [-0.25, -0.2) is 4.79 Å². The Bertz CT molecular complexity index is 478. The third-order valence-electron chi connectivity index (χ3n) is 3.42. The number of carbonyl (C=O) groups is 1. The summed E-state index contributed by atoms with van der Waals surface area (Å²) in [4.78, 5) is 11.7. The van der Waals surface area contributed by atoms with E-state index in [1.807, 2.05) is 19.9 Å². The fraction of sp³-hybridized carbons (Fsp3) is 0.688. The number of urea groups is 1. The average Bonchev–Trinajstić information content (AvgIpc) is 2.43. The minimum absolute atomic E-state index is 0.0622. The van der Waals surface area contributed by atoms with Gasteiger partial charge in [0, 0.05) is 18.6 Å². The van der Waals surface area contributed by atoms with Gasteiger partial charge in [-0.05, 0) is 30.4 Å². The standard InChI is InChI=1S/C16H28N4O2/c1-15(2,3)12-7-8-13(20-19-12)18-14(22)17-10-6-9-16(4,5)11-21/h7-8,21H,6,9-11H2,1-5H3,(H2,17,18,20,22). The molecule has 6 nitrogen and oxygen atoms in total. The SMILES string of the molecule is CC(C)(CO)CCCNC(=O)Nc1ccc(C(C)(C)C)nn1. The summed E-state index contributed by atoms with van der Waals surface area (Å²) in [5.74, 6) is 0.432. The molecule has 6 heteroatoms. The second kappa shape index (κ2) is 7.54. The molecule has 1 heterocycles. The van der Waals surface area contributed by atoms with Crippen molar-refractivity contribution in [3.8, 4) is 0 Å². The van der Waals surface area contributed by atoms with Crippen LogP contribution in [0.15, 0.2) is 12.1 Å². The third-order valence-corrected chi connectivity index (χ3v) is 3.42. The van der Waals surface area contributed by atoms with E-state index >= 15 is 0 Å². The van der Waals surface area contributed by atoms with Crippen LogP contribution in [0.25, 0.3) is 0 Å². The number of hydrogen-bond donors (Lipinski definition) is 3. The van der Waals surface area contributed by atoms with E-state index in [9.17, 15) is 4.79 Å². The molecule has 0 aliphatic carbocycles. The van der Waals surface area contributed by atoms with Crippen LogP contribution in [-0.2, 0) is 5.41 Å². The number of anilines is 1. The Labute approximate surface area is 132 Å². The highest BCUT2D eigenvalue weighted by Gasteiger charge is 2.17. The molecule has 0 bridgehead atoms. The number of aliphatic hydroxyl groups excluding tert-OH is 1. The Balaban J connectivity index is 2.36. The molecule has 0 saturated heterocycles. The van der Waals surface area contributed by atoms with Gasteiger partial charge in [0.1, 0.15) is 0 Å². The number of aromatic nitrogens is 2. The van der Waals surface area contributed by atoms with Crippen LogP contribution in [0, 0.1) is 5.41 Å². The van der Waals surface area contributed by atoms with Gasteiger partial charge in [0.05, 0.1) is 5.69 Å². The Hall–Kier alpha value is -1.69. The van der Waals surface area contributed by atoms with Crippen LogP contribution < -0.4 is 10.6 Å². The number of nitrogens with one attached hydrogen (secondary N) is 2. The number of carbonyl (C=O) groups excluding carboxylic acids is 1. The van der Waals surface area contributed by atoms with Crippen LogP contribution in [0.1, 0.15) is 53.2 Å². The minimum Gasteiger partial charge on any atom is -0.396 e. The molecule has 1 aromatic rings. The molecule has 0 saturated carbocycles. The van der Waals surface area contributed by atoms with Crippen molar-refractivity contribution in [2.24, 2.45) is 5.41 Å². The molecule has 124 valence electrons. The smallest absolute Gasteiger partial charge is 0.320 e. The monoisotopic (exact) mass is 308 g/mol. The Morgan fingerprint density at radius 2 is 1.86 bits per heavy atom. The molecule has 0 atom stereocenters. The number of nitrogens with zero attached hydrogens (tertiary/aromatic N) is 2. The van der Waals surface area contributed by atoms with E-state index in [-0.39, 0.29) is 23.5 Å². The van der Waals surface area contributed by atoms with Crippen molar-refractivity contribution >= 4 is 11.8 Å². The van der Waals surface area contributed by atoms with Gasteiger partial charge in [0.2, 0.25) is 0 Å². The predicted molar refractivity (Wildman–Crippen MR) is 87.9 cm³/mol. The average molecular weight is 308 g/mol. The number of aliphatic hydroxyl groups is 1. The summed E-state index contributed by atoms with van der Waals surface area (Å²) in [5.41, 5.74) is 0.712. The van der Waals surface area contributed by atoms with Crippen molar-refractivity contribution in [1.82, 2.24) is 15.5 Å². The molecule has 0 aliphatic rings. The summed E-state index contributed by atoms with van der Waals surface area (Å²) >= 11 is 0. The van der Waals surface area contributed by atoms with Crippen LogP contribution in [0.4, 0.5) is 10.6 Å². The maximum atomic E-state index is 11.7. The molecule has 0 fully saturated rings. The quantitative estimate of drug-likeness (QED) is 0.705. The zero-order chi connectivity index (χ0) is 16.8. The molecule has 1 aromatic heterocycles. The fourth-order valence-corrected chi connectivity index (χ4v) is 1.81. The molecular formula is C16H28N4O2. The molecule has 0 radical (unpaired) electrons. The van der Waals surface area contributed by atoms with Gasteiger partial charge in [-0.3, -0.25) is 5.32 Å². The van der Waals surface area contributed by atoms with E-state index in [4.69, 9.17) is 5.11 Å². The van der Waals surface area contributed by atoms with Crippen molar-refractivity contribution < 1.29 is 9.90 Å². The van der Waals surface area contributed by atoms with Gasteiger partial charge >= 0.3 is 6.03 Å². The highest BCUT2D eigenvalue weighted by molar-refractivity contribution is 5.87. The molecular weight excluding hydrogens is 280 g/mol. The largest absolute Gasteiger partial charge is 0.396 e. The van der Waals surface area contributed by atoms with Crippen LogP contribution in [0.2, 0.25) is 0 Å². The van der Waals surface area contributed by atoms with Gasteiger partial charge in [-0.2, -0.15) is 5.10 Å². The number of amides is 2. The molecule has 3 N–H and O–H groups in total. The topological polar surface area (TPSA) is 87.1 Å². The second-order valence-electron chi connectivity index (χ2n) is 7.36. The molecule has 1 rings (SSSR count). The first-order valence-electron chi connectivity index (χ1n) is 7.64. The van der Waals surface area contributed by atoms with Crippen molar-refractivity contribution in [1.29, 1.82) is 0 Å². The lowest BCUT2D eigenvalue weighted by Gasteiger charge is -2.21. The van der Waals surface area contributed by atoms with Crippen molar-refractivity contribution in [2.75, 3.05) is 18.5 Å². The summed E-state index contributed by atoms with van der Waals surface area (Å²) < 4.78 is 0. The van der Waals surface area contributed by atoms with Crippen molar-refractivity contribution in [2.45, 2.75) is 52.9 Å². The van der Waals surface area contributed by atoms with Crippen molar-refractivity contribution in [3.05, 3.63) is 17.8 Å². The lowest BCUT2D eigenvalue weighted by molar-refractivity contribution is 0.148. The van der Waals surface area contributed by atoms with Crippen LogP contribution in [0.3, 0.4) is 0 Å². The van der Waals surface area contributed by atoms with E-state index in [0.29, 0.717) is 12.4 Å². The van der Waals surface area contributed by atoms with E-state index in [0.717, 1.165) is 18.5 Å². The van der Waals surface area contributed by atoms with Gasteiger partial charge in [-0.1, -0.05) is 34.6 Å². The lowest BCUT2D eigenvalue weighted by atomic mass is 9.89. The highest BCUT2D eigenvalue weighted by Crippen LogP contribution is 2.20. The first kappa shape index (κ1) is 18.4.